The van der Waals surface area contributed by atoms with Crippen molar-refractivity contribution >= 4 is 36.5 Å². The average molecular weight is 502 g/mol. The van der Waals surface area contributed by atoms with Gasteiger partial charge in [0.15, 0.2) is 6.33 Å². The Labute approximate surface area is 191 Å². The molecule has 5 atom stereocenters. The molecule has 15 heteroatoms. The Morgan fingerprint density at radius 1 is 1.36 bits per heavy atom. The zero-order valence-electron chi connectivity index (χ0n) is 17.2. The molecule has 4 rings (SSSR count). The van der Waals surface area contributed by atoms with E-state index in [4.69, 9.17) is 21.2 Å². The minimum absolute atomic E-state index is 0.148. The molecule has 1 aliphatic heterocycles. The van der Waals surface area contributed by atoms with Crippen molar-refractivity contribution < 1.29 is 38.4 Å². The number of aryl methyl sites for hydroxylation is 1. The van der Waals surface area contributed by atoms with Gasteiger partial charge in [-0.3, -0.25) is 18.9 Å². The normalized spacial score (nSPS) is 24.8. The van der Waals surface area contributed by atoms with Crippen LogP contribution in [0, 0.1) is 0 Å². The summed E-state index contributed by atoms with van der Waals surface area (Å²) in [6.07, 6.45) is -4.03. The maximum absolute atomic E-state index is 12.7. The van der Waals surface area contributed by atoms with E-state index >= 15 is 0 Å². The molecule has 0 radical (unpaired) electrons. The van der Waals surface area contributed by atoms with Gasteiger partial charge >= 0.3 is 5.65 Å². The molecule has 0 spiro atoms. The largest absolute Gasteiger partial charge is 0.756 e. The number of nitrogens with one attached hydrogen (secondary N) is 2. The van der Waals surface area contributed by atoms with Crippen LogP contribution < -0.4 is 20.3 Å². The second kappa shape index (κ2) is 9.12. The Kier molecular flexibility index (Phi) is 6.58. The molecule has 1 fully saturated rings. The Balaban J connectivity index is 1.62. The van der Waals surface area contributed by atoms with E-state index in [1.807, 2.05) is 12.1 Å². The van der Waals surface area contributed by atoms with Crippen molar-refractivity contribution in [3.8, 4) is 0 Å². The van der Waals surface area contributed by atoms with Crippen LogP contribution in [0.5, 0.6) is 0 Å². The van der Waals surface area contributed by atoms with Crippen molar-refractivity contribution in [2.45, 2.75) is 31.1 Å². The number of rotatable bonds is 7. The van der Waals surface area contributed by atoms with E-state index in [2.05, 4.69) is 19.8 Å². The van der Waals surface area contributed by atoms with Gasteiger partial charge in [0.25, 0.3) is 19.3 Å². The number of aliphatic hydroxyl groups is 2. The molecule has 5 N–H and O–H groups in total. The highest BCUT2D eigenvalue weighted by Crippen LogP contribution is 2.34. The molecule has 0 saturated carbocycles. The van der Waals surface area contributed by atoms with Crippen molar-refractivity contribution in [2.75, 3.05) is 11.9 Å². The monoisotopic (exact) mass is 501 g/mol. The number of H-pyrrole nitrogens is 1. The maximum atomic E-state index is 12.7. The van der Waals surface area contributed by atoms with Gasteiger partial charge in [0.05, 0.1) is 13.7 Å². The first-order valence-electron chi connectivity index (χ1n) is 9.72. The highest BCUT2D eigenvalue weighted by Gasteiger charge is 2.47. The third-order valence-electron chi connectivity index (χ3n) is 5.16. The van der Waals surface area contributed by atoms with Gasteiger partial charge in [-0.15, -0.1) is 0 Å². The average Bonchev–Trinajstić information content (AvgIpc) is 3.22. The van der Waals surface area contributed by atoms with Crippen LogP contribution in [0.15, 0.2) is 35.4 Å². The topological polar surface area (TPSA) is 186 Å². The van der Waals surface area contributed by atoms with Crippen molar-refractivity contribution in [1.82, 2.24) is 14.5 Å². The summed E-state index contributed by atoms with van der Waals surface area (Å²) in [7, 11) is -3.46. The van der Waals surface area contributed by atoms with Crippen LogP contribution in [0.2, 0.25) is 5.02 Å². The second-order valence-electron chi connectivity index (χ2n) is 7.51. The lowest BCUT2D eigenvalue weighted by Crippen LogP contribution is -2.46. The molecule has 3 aromatic rings. The number of aromatic amines is 1. The SMILES string of the molecule is Cn1c[n+]([C@@H]2O[C@H](COP(=O)([O-])O)[C@@H](O)[C@H]2O)c2nc(NCc3ccc(Cl)cc3)[nH]c(=O)c21. The van der Waals surface area contributed by atoms with Crippen LogP contribution in [0.4, 0.5) is 5.95 Å². The minimum atomic E-state index is -5.05. The molecular formula is C18H21ClN5O8P. The Hall–Kier alpha value is -2.35. The van der Waals surface area contributed by atoms with E-state index in [0.717, 1.165) is 5.56 Å². The van der Waals surface area contributed by atoms with Gasteiger partial charge in [0.2, 0.25) is 11.7 Å². The van der Waals surface area contributed by atoms with Gasteiger partial charge in [-0.05, 0) is 17.7 Å². The summed E-state index contributed by atoms with van der Waals surface area (Å²) in [6, 6.07) is 7.09. The molecule has 13 nitrogen and oxygen atoms in total. The van der Waals surface area contributed by atoms with Crippen molar-refractivity contribution in [3.05, 3.63) is 51.5 Å². The van der Waals surface area contributed by atoms with Gasteiger partial charge < -0.3 is 34.6 Å². The summed E-state index contributed by atoms with van der Waals surface area (Å²) in [5.41, 5.74) is 0.759. The van der Waals surface area contributed by atoms with Crippen LogP contribution in [0.3, 0.4) is 0 Å². The maximum Gasteiger partial charge on any atom is 0.313 e. The molecule has 1 unspecified atom stereocenters. The highest BCUT2D eigenvalue weighted by molar-refractivity contribution is 7.44. The number of hydrogen-bond donors (Lipinski definition) is 5. The van der Waals surface area contributed by atoms with Gasteiger partial charge in [-0.2, -0.15) is 0 Å². The van der Waals surface area contributed by atoms with Crippen LogP contribution in [-0.2, 0) is 27.4 Å². The smallest absolute Gasteiger partial charge is 0.313 e. The Morgan fingerprint density at radius 3 is 2.73 bits per heavy atom. The number of benzene rings is 1. The van der Waals surface area contributed by atoms with E-state index in [9.17, 15) is 24.5 Å². The molecule has 0 amide bonds. The number of phosphoric ester groups is 1. The second-order valence-corrected chi connectivity index (χ2v) is 9.14. The number of anilines is 1. The first kappa shape index (κ1) is 23.8. The number of nitrogens with zero attached hydrogens (tertiary/aromatic N) is 3. The molecule has 2 aromatic heterocycles. The van der Waals surface area contributed by atoms with Crippen molar-refractivity contribution in [3.63, 3.8) is 0 Å². The molecule has 1 aliphatic rings. The van der Waals surface area contributed by atoms with Gasteiger partial charge in [-0.1, -0.05) is 28.7 Å². The molecule has 33 heavy (non-hydrogen) atoms. The van der Waals surface area contributed by atoms with E-state index in [1.54, 1.807) is 19.2 Å². The third kappa shape index (κ3) is 5.10. The van der Waals surface area contributed by atoms with E-state index in [0.29, 0.717) is 11.6 Å². The standard InChI is InChI=1S/C18H21ClN5O8P/c1-23-8-24(17-14(26)13(25)11(32-17)7-31-33(28,29)30)15-12(23)16(27)22-18(21-15)20-6-9-2-4-10(19)5-3-9/h2-5,8,11,13-14,17,25-26H,6-7H2,1H3,(H3-,20,21,22,27,28,29,30)/t11-,13-,14-,17-/m1/s1. The van der Waals surface area contributed by atoms with E-state index in [1.165, 1.54) is 15.5 Å². The van der Waals surface area contributed by atoms with Gasteiger partial charge in [0, 0.05) is 11.6 Å². The fraction of sp³-hybridized carbons (Fsp3) is 0.389. The van der Waals surface area contributed by atoms with Crippen LogP contribution >= 0.6 is 19.4 Å². The fourth-order valence-corrected chi connectivity index (χ4v) is 4.04. The highest BCUT2D eigenvalue weighted by atomic mass is 35.5. The molecule has 1 aromatic carbocycles. The number of phosphoric acid groups is 1. The summed E-state index contributed by atoms with van der Waals surface area (Å²) in [5, 5.41) is 24.3. The predicted octanol–water partition coefficient (Wildman–Crippen LogP) is -1.09. The first-order valence-corrected chi connectivity index (χ1v) is 11.6. The molecule has 3 heterocycles. The Bertz CT molecular complexity index is 1260. The van der Waals surface area contributed by atoms with Crippen LogP contribution in [0.1, 0.15) is 11.8 Å². The number of ether oxygens (including phenoxy) is 1. The number of imidazole rings is 1. The number of fused-ring (bicyclic) bond motifs is 1. The Morgan fingerprint density at radius 2 is 2.06 bits per heavy atom. The number of aromatic nitrogens is 4. The van der Waals surface area contributed by atoms with Gasteiger partial charge in [-0.25, -0.2) is 4.57 Å². The molecule has 0 bridgehead atoms. The summed E-state index contributed by atoms with van der Waals surface area (Å²) >= 11 is 5.89. The van der Waals surface area contributed by atoms with E-state index in [-0.39, 0.29) is 17.1 Å². The van der Waals surface area contributed by atoms with Crippen LogP contribution in [0.25, 0.3) is 11.2 Å². The number of hydrogen-bond acceptors (Lipinski definition) is 9. The molecular weight excluding hydrogens is 481 g/mol. The van der Waals surface area contributed by atoms with Crippen LogP contribution in [-0.4, -0.2) is 54.6 Å². The third-order valence-corrected chi connectivity index (χ3v) is 5.89. The molecule has 1 saturated heterocycles. The lowest BCUT2D eigenvalue weighted by molar-refractivity contribution is -0.745. The summed E-state index contributed by atoms with van der Waals surface area (Å²) in [5.74, 6) is 0.155. The zero-order chi connectivity index (χ0) is 23.9. The lowest BCUT2D eigenvalue weighted by Gasteiger charge is -2.19. The van der Waals surface area contributed by atoms with Gasteiger partial charge in [0.1, 0.15) is 18.3 Å². The number of halogens is 1. The first-order chi connectivity index (χ1) is 15.5. The summed E-state index contributed by atoms with van der Waals surface area (Å²) in [4.78, 5) is 39.4. The zero-order valence-corrected chi connectivity index (χ0v) is 18.8. The quantitative estimate of drug-likeness (QED) is 0.197. The predicted molar refractivity (Wildman–Crippen MR) is 112 cm³/mol. The lowest BCUT2D eigenvalue weighted by atomic mass is 10.1. The van der Waals surface area contributed by atoms with E-state index < -0.39 is 44.5 Å². The molecule has 178 valence electrons. The fourth-order valence-electron chi connectivity index (χ4n) is 3.57. The number of aliphatic hydroxyl groups excluding tert-OH is 2. The summed E-state index contributed by atoms with van der Waals surface area (Å²) in [6.45, 7) is -0.366. The molecule has 0 aliphatic carbocycles. The van der Waals surface area contributed by atoms with Crippen molar-refractivity contribution in [2.24, 2.45) is 7.05 Å². The minimum Gasteiger partial charge on any atom is -0.756 e. The summed E-state index contributed by atoms with van der Waals surface area (Å²) < 4.78 is 23.5. The van der Waals surface area contributed by atoms with Crippen molar-refractivity contribution in [1.29, 1.82) is 0 Å².